The van der Waals surface area contributed by atoms with Gasteiger partial charge in [0.1, 0.15) is 5.60 Å². The third-order valence-electron chi connectivity index (χ3n) is 3.82. The summed E-state index contributed by atoms with van der Waals surface area (Å²) < 4.78 is 5.46. The largest absolute Gasteiger partial charge is 0.444 e. The van der Waals surface area contributed by atoms with Gasteiger partial charge in [0.15, 0.2) is 0 Å². The van der Waals surface area contributed by atoms with Crippen LogP contribution in [-0.2, 0) is 4.74 Å². The summed E-state index contributed by atoms with van der Waals surface area (Å²) in [6, 6.07) is 8.49. The highest BCUT2D eigenvalue weighted by Crippen LogP contribution is 2.27. The molecule has 0 spiro atoms. The van der Waals surface area contributed by atoms with Crippen molar-refractivity contribution in [1.82, 2.24) is 4.90 Å². The Labute approximate surface area is 127 Å². The monoisotopic (exact) mass is 290 g/mol. The molecule has 2 N–H and O–H groups in total. The molecule has 21 heavy (non-hydrogen) atoms. The van der Waals surface area contributed by atoms with Gasteiger partial charge in [-0.05, 0) is 39.7 Å². The average molecular weight is 290 g/mol. The smallest absolute Gasteiger partial charge is 0.410 e. The van der Waals surface area contributed by atoms with Crippen molar-refractivity contribution in [3.8, 4) is 0 Å². The summed E-state index contributed by atoms with van der Waals surface area (Å²) in [6.45, 7) is 9.02. The summed E-state index contributed by atoms with van der Waals surface area (Å²) in [5.74, 6) is 0.173. The molecule has 0 radical (unpaired) electrons. The van der Waals surface area contributed by atoms with Crippen LogP contribution in [0.1, 0.15) is 44.2 Å². The minimum absolute atomic E-state index is 0.0893. The minimum atomic E-state index is -0.462. The zero-order valence-electron chi connectivity index (χ0n) is 13.4. The molecule has 1 aliphatic heterocycles. The van der Waals surface area contributed by atoms with Crippen molar-refractivity contribution in [1.29, 1.82) is 0 Å². The second kappa shape index (κ2) is 6.06. The van der Waals surface area contributed by atoms with Crippen molar-refractivity contribution < 1.29 is 9.53 Å². The molecular weight excluding hydrogens is 264 g/mol. The number of amides is 1. The summed E-state index contributed by atoms with van der Waals surface area (Å²) in [4.78, 5) is 14.0. The van der Waals surface area contributed by atoms with Gasteiger partial charge in [0, 0.05) is 25.0 Å². The second-order valence-electron chi connectivity index (χ2n) is 6.90. The van der Waals surface area contributed by atoms with E-state index in [0.29, 0.717) is 13.1 Å². The first-order chi connectivity index (χ1) is 9.76. The van der Waals surface area contributed by atoms with Crippen molar-refractivity contribution in [2.24, 2.45) is 5.73 Å². The van der Waals surface area contributed by atoms with E-state index in [0.717, 1.165) is 6.42 Å². The molecule has 1 saturated heterocycles. The Morgan fingerprint density at radius 3 is 2.48 bits per heavy atom. The molecule has 1 amide bonds. The molecule has 2 atom stereocenters. The molecule has 4 nitrogen and oxygen atoms in total. The zero-order valence-corrected chi connectivity index (χ0v) is 13.4. The van der Waals surface area contributed by atoms with E-state index in [-0.39, 0.29) is 18.1 Å². The highest BCUT2D eigenvalue weighted by atomic mass is 16.6. The average Bonchev–Trinajstić information content (AvgIpc) is 2.38. The number of hydrogen-bond donors (Lipinski definition) is 1. The zero-order chi connectivity index (χ0) is 15.6. The van der Waals surface area contributed by atoms with Gasteiger partial charge in [0.2, 0.25) is 0 Å². The topological polar surface area (TPSA) is 55.6 Å². The molecule has 4 heteroatoms. The molecule has 116 valence electrons. The van der Waals surface area contributed by atoms with Gasteiger partial charge in [-0.15, -0.1) is 0 Å². The van der Waals surface area contributed by atoms with Crippen molar-refractivity contribution in [2.45, 2.75) is 51.7 Å². The van der Waals surface area contributed by atoms with Gasteiger partial charge in [-0.3, -0.25) is 0 Å². The molecular formula is C17H26N2O2. The number of nitrogens with zero attached hydrogens (tertiary/aromatic N) is 1. The lowest BCUT2D eigenvalue weighted by molar-refractivity contribution is 0.0186. The van der Waals surface area contributed by atoms with Gasteiger partial charge in [0.05, 0.1) is 0 Å². The van der Waals surface area contributed by atoms with Crippen LogP contribution < -0.4 is 5.73 Å². The fourth-order valence-corrected chi connectivity index (χ4v) is 2.63. The van der Waals surface area contributed by atoms with Crippen LogP contribution in [0.4, 0.5) is 4.79 Å². The molecule has 0 saturated carbocycles. The molecule has 0 aliphatic carbocycles. The van der Waals surface area contributed by atoms with Crippen molar-refractivity contribution in [3.05, 3.63) is 35.4 Å². The van der Waals surface area contributed by atoms with Crippen LogP contribution in [0.15, 0.2) is 24.3 Å². The second-order valence-corrected chi connectivity index (χ2v) is 6.90. The fourth-order valence-electron chi connectivity index (χ4n) is 2.63. The van der Waals surface area contributed by atoms with Gasteiger partial charge < -0.3 is 15.4 Å². The number of ether oxygens (including phenoxy) is 1. The Kier molecular flexibility index (Phi) is 4.57. The number of nitrogens with two attached hydrogens (primary N) is 1. The van der Waals surface area contributed by atoms with E-state index in [9.17, 15) is 4.79 Å². The molecule has 1 heterocycles. The van der Waals surface area contributed by atoms with E-state index < -0.39 is 5.60 Å². The summed E-state index contributed by atoms with van der Waals surface area (Å²) in [7, 11) is 0. The summed E-state index contributed by atoms with van der Waals surface area (Å²) in [5.41, 5.74) is 8.22. The van der Waals surface area contributed by atoms with E-state index in [1.54, 1.807) is 4.90 Å². The van der Waals surface area contributed by atoms with E-state index in [4.69, 9.17) is 10.5 Å². The maximum Gasteiger partial charge on any atom is 0.410 e. The van der Waals surface area contributed by atoms with Gasteiger partial charge in [0.25, 0.3) is 0 Å². The first-order valence-corrected chi connectivity index (χ1v) is 7.56. The molecule has 0 unspecified atom stereocenters. The summed E-state index contributed by atoms with van der Waals surface area (Å²) in [5, 5.41) is 0. The third kappa shape index (κ3) is 4.21. The van der Waals surface area contributed by atoms with Gasteiger partial charge >= 0.3 is 6.09 Å². The van der Waals surface area contributed by atoms with Crippen LogP contribution in [-0.4, -0.2) is 35.7 Å². The highest BCUT2D eigenvalue weighted by molar-refractivity contribution is 5.68. The molecule has 0 aromatic heterocycles. The first kappa shape index (κ1) is 15.8. The number of rotatable bonds is 1. The van der Waals surface area contributed by atoms with Crippen molar-refractivity contribution in [2.75, 3.05) is 13.1 Å². The maximum atomic E-state index is 12.2. The van der Waals surface area contributed by atoms with E-state index in [1.165, 1.54) is 11.1 Å². The quantitative estimate of drug-likeness (QED) is 0.865. The van der Waals surface area contributed by atoms with Crippen LogP contribution in [0.5, 0.6) is 0 Å². The number of aryl methyl sites for hydroxylation is 1. The molecule has 1 aromatic rings. The third-order valence-corrected chi connectivity index (χ3v) is 3.82. The number of piperidine rings is 1. The lowest BCUT2D eigenvalue weighted by Gasteiger charge is -2.37. The van der Waals surface area contributed by atoms with Gasteiger partial charge in [-0.1, -0.05) is 29.8 Å². The van der Waals surface area contributed by atoms with Gasteiger partial charge in [-0.2, -0.15) is 0 Å². The maximum absolute atomic E-state index is 12.2. The van der Waals surface area contributed by atoms with Crippen molar-refractivity contribution >= 4 is 6.09 Å². The van der Waals surface area contributed by atoms with Crippen LogP contribution in [0.25, 0.3) is 0 Å². The van der Waals surface area contributed by atoms with Gasteiger partial charge in [-0.25, -0.2) is 4.79 Å². The Bertz CT molecular complexity index is 491. The summed E-state index contributed by atoms with van der Waals surface area (Å²) >= 11 is 0. The van der Waals surface area contributed by atoms with Crippen LogP contribution in [0, 0.1) is 6.92 Å². The van der Waals surface area contributed by atoms with E-state index >= 15 is 0 Å². The normalized spacial score (nSPS) is 23.0. The molecule has 1 aliphatic rings. The highest BCUT2D eigenvalue weighted by Gasteiger charge is 2.32. The first-order valence-electron chi connectivity index (χ1n) is 7.56. The van der Waals surface area contributed by atoms with E-state index in [1.807, 2.05) is 20.8 Å². The molecule has 1 aromatic carbocycles. The summed E-state index contributed by atoms with van der Waals surface area (Å²) in [6.07, 6.45) is 0.559. The molecule has 2 rings (SSSR count). The number of carbonyl (C=O) groups excluding carboxylic acids is 1. The lowest BCUT2D eigenvalue weighted by Crippen LogP contribution is -2.49. The number of benzene rings is 1. The predicted octanol–water partition coefficient (Wildman–Crippen LogP) is 3.05. The van der Waals surface area contributed by atoms with Crippen LogP contribution in [0.2, 0.25) is 0 Å². The Morgan fingerprint density at radius 1 is 1.29 bits per heavy atom. The Balaban J connectivity index is 2.09. The number of hydrogen-bond acceptors (Lipinski definition) is 3. The lowest BCUT2D eigenvalue weighted by atomic mass is 9.86. The predicted molar refractivity (Wildman–Crippen MR) is 84.3 cm³/mol. The number of likely N-dealkylation sites (tertiary alicyclic amines) is 1. The van der Waals surface area contributed by atoms with Crippen LogP contribution >= 0.6 is 0 Å². The minimum Gasteiger partial charge on any atom is -0.444 e. The SMILES string of the molecule is Cc1ccc([C@@H]2CN(C(=O)OC(C)(C)C)CC[C@H]2N)cc1. The number of carbonyl (C=O) groups is 1. The Morgan fingerprint density at radius 2 is 1.90 bits per heavy atom. The van der Waals surface area contributed by atoms with Crippen molar-refractivity contribution in [3.63, 3.8) is 0 Å². The van der Waals surface area contributed by atoms with Crippen LogP contribution in [0.3, 0.4) is 0 Å². The Hall–Kier alpha value is -1.55. The fraction of sp³-hybridized carbons (Fsp3) is 0.588. The molecule has 1 fully saturated rings. The standard InChI is InChI=1S/C17H26N2O2/c1-12-5-7-13(8-6-12)14-11-19(10-9-15(14)18)16(20)21-17(2,3)4/h5-8,14-15H,9-11,18H2,1-4H3/t14-,15+/m0/s1. The van der Waals surface area contributed by atoms with E-state index in [2.05, 4.69) is 31.2 Å². The molecule has 0 bridgehead atoms.